The van der Waals surface area contributed by atoms with Crippen molar-refractivity contribution in [3.63, 3.8) is 0 Å². The molecule has 112 valence electrons. The number of rotatable bonds is 4. The minimum Gasteiger partial charge on any atom is -0.465 e. The number of hydrogen-bond acceptors (Lipinski definition) is 5. The molecule has 2 rings (SSSR count). The van der Waals surface area contributed by atoms with Crippen LogP contribution < -0.4 is 5.32 Å². The zero-order chi connectivity index (χ0) is 15.4. The zero-order valence-electron chi connectivity index (χ0n) is 11.8. The van der Waals surface area contributed by atoms with Crippen LogP contribution in [-0.4, -0.2) is 49.1 Å². The van der Waals surface area contributed by atoms with Crippen LogP contribution in [-0.2, 0) is 14.3 Å². The van der Waals surface area contributed by atoms with Crippen molar-refractivity contribution in [3.8, 4) is 0 Å². The lowest BCUT2D eigenvalue weighted by Gasteiger charge is -2.23. The van der Waals surface area contributed by atoms with Gasteiger partial charge in [0.05, 0.1) is 18.4 Å². The molecule has 1 heterocycles. The third-order valence-electron chi connectivity index (χ3n) is 3.18. The summed E-state index contributed by atoms with van der Waals surface area (Å²) in [6.45, 7) is 0.0335. The number of methoxy groups -OCH3 is 1. The number of carbonyl (C=O) groups is 3. The summed E-state index contributed by atoms with van der Waals surface area (Å²) in [4.78, 5) is 36.3. The fraction of sp³-hybridized carbons (Fsp3) is 0.357. The summed E-state index contributed by atoms with van der Waals surface area (Å²) in [5.74, 6) is -0.327. The van der Waals surface area contributed by atoms with E-state index in [0.29, 0.717) is 11.3 Å². The van der Waals surface area contributed by atoms with Gasteiger partial charge in [-0.05, 0) is 17.7 Å². The standard InChI is InChI=1S/C14H16N2O4S/c1-15-11(17)7-16-12(18)8-21-13(16)9-3-5-10(6-4-9)14(19)20-2/h3-6,13H,7-8H2,1-2H3,(H,15,17). The van der Waals surface area contributed by atoms with E-state index in [1.54, 1.807) is 24.3 Å². The molecule has 1 fully saturated rings. The summed E-state index contributed by atoms with van der Waals surface area (Å²) in [5, 5.41) is 2.31. The van der Waals surface area contributed by atoms with Gasteiger partial charge >= 0.3 is 5.97 Å². The Hall–Kier alpha value is -2.02. The normalized spacial score (nSPS) is 17.7. The Morgan fingerprint density at radius 2 is 2.05 bits per heavy atom. The molecule has 1 saturated heterocycles. The van der Waals surface area contributed by atoms with Gasteiger partial charge in [-0.25, -0.2) is 4.79 Å². The average molecular weight is 308 g/mol. The number of ether oxygens (including phenoxy) is 1. The van der Waals surface area contributed by atoms with E-state index in [2.05, 4.69) is 10.1 Å². The molecule has 0 saturated carbocycles. The molecule has 21 heavy (non-hydrogen) atoms. The largest absolute Gasteiger partial charge is 0.465 e. The van der Waals surface area contributed by atoms with Crippen LogP contribution in [0.4, 0.5) is 0 Å². The SMILES string of the molecule is CNC(=O)CN1C(=O)CSC1c1ccc(C(=O)OC)cc1. The van der Waals surface area contributed by atoms with E-state index in [0.717, 1.165) is 5.56 Å². The maximum Gasteiger partial charge on any atom is 0.337 e. The molecule has 0 spiro atoms. The van der Waals surface area contributed by atoms with Crippen molar-refractivity contribution in [2.45, 2.75) is 5.37 Å². The van der Waals surface area contributed by atoms with Crippen LogP contribution in [0.15, 0.2) is 24.3 Å². The maximum atomic E-state index is 11.9. The number of nitrogens with zero attached hydrogens (tertiary/aromatic N) is 1. The first-order valence-electron chi connectivity index (χ1n) is 6.36. The van der Waals surface area contributed by atoms with Crippen molar-refractivity contribution in [3.05, 3.63) is 35.4 Å². The van der Waals surface area contributed by atoms with Gasteiger partial charge in [-0.2, -0.15) is 0 Å². The Morgan fingerprint density at radius 3 is 2.62 bits per heavy atom. The molecule has 1 aromatic carbocycles. The fourth-order valence-electron chi connectivity index (χ4n) is 2.04. The van der Waals surface area contributed by atoms with Gasteiger partial charge in [-0.15, -0.1) is 11.8 Å². The van der Waals surface area contributed by atoms with Crippen LogP contribution >= 0.6 is 11.8 Å². The summed E-state index contributed by atoms with van der Waals surface area (Å²) < 4.78 is 4.65. The molecule has 1 aliphatic rings. The van der Waals surface area contributed by atoms with E-state index in [-0.39, 0.29) is 23.7 Å². The van der Waals surface area contributed by atoms with Gasteiger partial charge in [-0.1, -0.05) is 12.1 Å². The first-order chi connectivity index (χ1) is 10.1. The van der Waals surface area contributed by atoms with Crippen molar-refractivity contribution in [2.75, 3.05) is 26.5 Å². The monoisotopic (exact) mass is 308 g/mol. The first-order valence-corrected chi connectivity index (χ1v) is 7.41. The number of thioether (sulfide) groups is 1. The Labute approximate surface area is 126 Å². The fourth-order valence-corrected chi connectivity index (χ4v) is 3.22. The van der Waals surface area contributed by atoms with E-state index < -0.39 is 5.97 Å². The number of hydrogen-bond donors (Lipinski definition) is 1. The molecule has 2 amide bonds. The molecule has 1 unspecified atom stereocenters. The molecule has 1 atom stereocenters. The minimum absolute atomic E-state index is 0.0335. The summed E-state index contributed by atoms with van der Waals surface area (Å²) >= 11 is 1.46. The van der Waals surface area contributed by atoms with Crippen LogP contribution in [0.5, 0.6) is 0 Å². The van der Waals surface area contributed by atoms with E-state index in [1.165, 1.54) is 30.8 Å². The van der Waals surface area contributed by atoms with E-state index >= 15 is 0 Å². The Morgan fingerprint density at radius 1 is 1.38 bits per heavy atom. The number of benzene rings is 1. The second-order valence-corrected chi connectivity index (χ2v) is 5.54. The summed E-state index contributed by atoms with van der Waals surface area (Å²) in [6, 6.07) is 6.87. The third-order valence-corrected chi connectivity index (χ3v) is 4.43. The summed E-state index contributed by atoms with van der Waals surface area (Å²) in [6.07, 6.45) is 0. The smallest absolute Gasteiger partial charge is 0.337 e. The van der Waals surface area contributed by atoms with Crippen molar-refractivity contribution in [1.82, 2.24) is 10.2 Å². The number of nitrogens with one attached hydrogen (secondary N) is 1. The van der Waals surface area contributed by atoms with Gasteiger partial charge in [0.15, 0.2) is 0 Å². The van der Waals surface area contributed by atoms with Gasteiger partial charge in [-0.3, -0.25) is 9.59 Å². The number of likely N-dealkylation sites (N-methyl/N-ethyl adjacent to an activating group) is 1. The second kappa shape index (κ2) is 6.62. The number of esters is 1. The van der Waals surface area contributed by atoms with Crippen molar-refractivity contribution >= 4 is 29.5 Å². The molecule has 0 radical (unpaired) electrons. The van der Waals surface area contributed by atoms with Gasteiger partial charge in [0.25, 0.3) is 0 Å². The minimum atomic E-state index is -0.404. The van der Waals surface area contributed by atoms with Gasteiger partial charge in [0, 0.05) is 7.05 Å². The lowest BCUT2D eigenvalue weighted by Crippen LogP contribution is -2.37. The highest BCUT2D eigenvalue weighted by Crippen LogP contribution is 2.38. The Balaban J connectivity index is 2.17. The van der Waals surface area contributed by atoms with Crippen LogP contribution in [0.1, 0.15) is 21.3 Å². The van der Waals surface area contributed by atoms with Gasteiger partial charge < -0.3 is 15.0 Å². The quantitative estimate of drug-likeness (QED) is 0.833. The number of carbonyl (C=O) groups excluding carboxylic acids is 3. The predicted molar refractivity (Wildman–Crippen MR) is 78.8 cm³/mol. The molecule has 1 N–H and O–H groups in total. The first kappa shape index (κ1) is 15.4. The Kier molecular flexibility index (Phi) is 4.85. The van der Waals surface area contributed by atoms with Crippen molar-refractivity contribution < 1.29 is 19.1 Å². The van der Waals surface area contributed by atoms with E-state index in [1.807, 2.05) is 0 Å². The van der Waals surface area contributed by atoms with E-state index in [9.17, 15) is 14.4 Å². The van der Waals surface area contributed by atoms with Crippen LogP contribution in [0.3, 0.4) is 0 Å². The highest BCUT2D eigenvalue weighted by molar-refractivity contribution is 8.00. The summed E-state index contributed by atoms with van der Waals surface area (Å²) in [7, 11) is 2.86. The lowest BCUT2D eigenvalue weighted by molar-refractivity contribution is -0.133. The third kappa shape index (κ3) is 3.36. The lowest BCUT2D eigenvalue weighted by atomic mass is 10.1. The van der Waals surface area contributed by atoms with Gasteiger partial charge in [0.1, 0.15) is 11.9 Å². The van der Waals surface area contributed by atoms with E-state index in [4.69, 9.17) is 0 Å². The van der Waals surface area contributed by atoms with Crippen molar-refractivity contribution in [2.24, 2.45) is 0 Å². The molecular formula is C14H16N2O4S. The van der Waals surface area contributed by atoms with Crippen molar-refractivity contribution in [1.29, 1.82) is 0 Å². The maximum absolute atomic E-state index is 11.9. The second-order valence-electron chi connectivity index (χ2n) is 4.47. The topological polar surface area (TPSA) is 75.7 Å². The molecule has 7 heteroatoms. The molecular weight excluding hydrogens is 292 g/mol. The zero-order valence-corrected chi connectivity index (χ0v) is 12.6. The molecule has 0 bridgehead atoms. The molecule has 1 aliphatic heterocycles. The summed E-state index contributed by atoms with van der Waals surface area (Å²) in [5.41, 5.74) is 1.33. The highest BCUT2D eigenvalue weighted by Gasteiger charge is 2.33. The van der Waals surface area contributed by atoms with Crippen LogP contribution in [0, 0.1) is 0 Å². The predicted octanol–water partition coefficient (Wildman–Crippen LogP) is 0.793. The highest BCUT2D eigenvalue weighted by atomic mass is 32.2. The Bertz CT molecular complexity index is 559. The van der Waals surface area contributed by atoms with Crippen LogP contribution in [0.25, 0.3) is 0 Å². The molecule has 0 aromatic heterocycles. The van der Waals surface area contributed by atoms with Gasteiger partial charge in [0.2, 0.25) is 11.8 Å². The number of amides is 2. The molecule has 0 aliphatic carbocycles. The molecule has 1 aromatic rings. The van der Waals surface area contributed by atoms with Crippen LogP contribution in [0.2, 0.25) is 0 Å². The average Bonchev–Trinajstić information content (AvgIpc) is 2.87. The molecule has 6 nitrogen and oxygen atoms in total.